The Bertz CT molecular complexity index is 949. The van der Waals surface area contributed by atoms with E-state index in [9.17, 15) is 5.26 Å². The molecule has 2 rings (SSSR count). The molecule has 0 amide bonds. The molecule has 0 aliphatic carbocycles. The number of allylic oxidation sites excluding steroid dienone is 2. The van der Waals surface area contributed by atoms with Crippen LogP contribution in [-0.2, 0) is 0 Å². The molecule has 0 saturated carbocycles. The number of aliphatic hydroxyl groups is 1. The molecular formula is C21H18N4OS. The summed E-state index contributed by atoms with van der Waals surface area (Å²) in [6, 6.07) is 17.1. The molecule has 0 saturated heterocycles. The Kier molecular flexibility index (Phi) is 7.35. The zero-order chi connectivity index (χ0) is 19.6. The second kappa shape index (κ2) is 9.94. The molecule has 1 aromatic carbocycles. The van der Waals surface area contributed by atoms with E-state index in [1.165, 1.54) is 11.3 Å². The van der Waals surface area contributed by atoms with Gasteiger partial charge in [-0.25, -0.2) is 0 Å². The lowest BCUT2D eigenvalue weighted by Crippen LogP contribution is -2.25. The maximum absolute atomic E-state index is 9.22. The fraction of sp³-hybridized carbons (Fsp3) is 0.190. The van der Waals surface area contributed by atoms with E-state index in [0.29, 0.717) is 11.4 Å². The highest BCUT2D eigenvalue weighted by Crippen LogP contribution is 2.27. The van der Waals surface area contributed by atoms with Crippen LogP contribution >= 0.6 is 11.3 Å². The number of nitriles is 3. The van der Waals surface area contributed by atoms with Gasteiger partial charge in [-0.1, -0.05) is 18.2 Å². The second-order valence-corrected chi connectivity index (χ2v) is 6.63. The van der Waals surface area contributed by atoms with Crippen molar-refractivity contribution in [2.45, 2.75) is 6.92 Å². The SMILES string of the molecule is CCN(CCO)c1ccc(/C=C/c2ccc(C(C#N)=C(C#N)C#N)s2)cc1. The van der Waals surface area contributed by atoms with Gasteiger partial charge in [0.15, 0.2) is 0 Å². The fourth-order valence-corrected chi connectivity index (χ4v) is 3.42. The van der Waals surface area contributed by atoms with E-state index in [1.54, 1.807) is 18.2 Å². The summed E-state index contributed by atoms with van der Waals surface area (Å²) in [6.45, 7) is 3.60. The molecule has 0 fully saturated rings. The van der Waals surface area contributed by atoms with Crippen LogP contribution in [0.25, 0.3) is 17.7 Å². The summed E-state index contributed by atoms with van der Waals surface area (Å²) in [4.78, 5) is 3.62. The van der Waals surface area contributed by atoms with E-state index in [4.69, 9.17) is 15.6 Å². The third-order valence-electron chi connectivity index (χ3n) is 3.91. The van der Waals surface area contributed by atoms with Gasteiger partial charge in [-0.15, -0.1) is 11.3 Å². The van der Waals surface area contributed by atoms with E-state index in [0.717, 1.165) is 22.7 Å². The lowest BCUT2D eigenvalue weighted by molar-refractivity contribution is 0.302. The number of hydrogen-bond donors (Lipinski definition) is 1. The summed E-state index contributed by atoms with van der Waals surface area (Å²) in [5, 5.41) is 36.2. The highest BCUT2D eigenvalue weighted by atomic mass is 32.1. The summed E-state index contributed by atoms with van der Waals surface area (Å²) in [5.74, 6) is 0. The van der Waals surface area contributed by atoms with Crippen LogP contribution in [0.5, 0.6) is 0 Å². The van der Waals surface area contributed by atoms with Gasteiger partial charge in [-0.3, -0.25) is 0 Å². The Morgan fingerprint density at radius 2 is 1.74 bits per heavy atom. The molecule has 0 unspecified atom stereocenters. The quantitative estimate of drug-likeness (QED) is 0.737. The third-order valence-corrected chi connectivity index (χ3v) is 4.98. The van der Waals surface area contributed by atoms with Crippen molar-refractivity contribution in [2.75, 3.05) is 24.6 Å². The molecule has 2 aromatic rings. The minimum absolute atomic E-state index is 0.109. The molecule has 6 heteroatoms. The molecule has 1 N–H and O–H groups in total. The monoisotopic (exact) mass is 374 g/mol. The first-order valence-corrected chi connectivity index (χ1v) is 9.17. The summed E-state index contributed by atoms with van der Waals surface area (Å²) >= 11 is 1.36. The molecule has 1 heterocycles. The zero-order valence-corrected chi connectivity index (χ0v) is 15.7. The Morgan fingerprint density at radius 3 is 2.30 bits per heavy atom. The maximum atomic E-state index is 9.22. The van der Waals surface area contributed by atoms with Crippen molar-refractivity contribution in [1.82, 2.24) is 0 Å². The zero-order valence-electron chi connectivity index (χ0n) is 14.9. The van der Waals surface area contributed by atoms with E-state index in [-0.39, 0.29) is 17.8 Å². The lowest BCUT2D eigenvalue weighted by Gasteiger charge is -2.21. The summed E-state index contributed by atoms with van der Waals surface area (Å²) in [5.41, 5.74) is 2.03. The number of rotatable bonds is 7. The van der Waals surface area contributed by atoms with Gasteiger partial charge in [0.25, 0.3) is 0 Å². The number of likely N-dealkylation sites (N-methyl/N-ethyl adjacent to an activating group) is 1. The summed E-state index contributed by atoms with van der Waals surface area (Å²) < 4.78 is 0. The Balaban J connectivity index is 2.17. The standard InChI is InChI=1S/C21H18N4OS/c1-2-25(11-12-26)18-6-3-16(4-7-18)5-8-19-9-10-21(27-19)20(15-24)17(13-22)14-23/h3-10,26H,2,11-12H2,1H3/b8-5+. The van der Waals surface area contributed by atoms with Gasteiger partial charge in [0.1, 0.15) is 23.8 Å². The van der Waals surface area contributed by atoms with Crippen LogP contribution in [0.2, 0.25) is 0 Å². The van der Waals surface area contributed by atoms with E-state index in [1.807, 2.05) is 55.5 Å². The Morgan fingerprint density at radius 1 is 1.04 bits per heavy atom. The molecule has 0 bridgehead atoms. The average Bonchev–Trinajstić information content (AvgIpc) is 3.17. The molecular weight excluding hydrogens is 356 g/mol. The van der Waals surface area contributed by atoms with Gasteiger partial charge in [0.05, 0.1) is 12.2 Å². The van der Waals surface area contributed by atoms with Gasteiger partial charge in [0, 0.05) is 28.5 Å². The van der Waals surface area contributed by atoms with Crippen LogP contribution in [0.4, 0.5) is 5.69 Å². The predicted octanol–water partition coefficient (Wildman–Crippen LogP) is 4.06. The van der Waals surface area contributed by atoms with Gasteiger partial charge >= 0.3 is 0 Å². The Hall–Kier alpha value is -3.37. The van der Waals surface area contributed by atoms with Crippen molar-refractivity contribution >= 4 is 34.7 Å². The molecule has 27 heavy (non-hydrogen) atoms. The van der Waals surface area contributed by atoms with Crippen molar-refractivity contribution < 1.29 is 5.11 Å². The third kappa shape index (κ3) is 5.06. The minimum Gasteiger partial charge on any atom is -0.395 e. The molecule has 0 spiro atoms. The van der Waals surface area contributed by atoms with Crippen LogP contribution in [-0.4, -0.2) is 24.8 Å². The first-order valence-electron chi connectivity index (χ1n) is 8.35. The van der Waals surface area contributed by atoms with Crippen molar-refractivity contribution in [3.05, 3.63) is 57.3 Å². The second-order valence-electron chi connectivity index (χ2n) is 5.52. The minimum atomic E-state index is -0.172. The average molecular weight is 374 g/mol. The van der Waals surface area contributed by atoms with Crippen molar-refractivity contribution in [2.24, 2.45) is 0 Å². The maximum Gasteiger partial charge on any atom is 0.148 e. The number of benzene rings is 1. The molecule has 134 valence electrons. The van der Waals surface area contributed by atoms with Gasteiger partial charge in [0.2, 0.25) is 0 Å². The molecule has 0 aliphatic heterocycles. The topological polar surface area (TPSA) is 94.8 Å². The van der Waals surface area contributed by atoms with Gasteiger partial charge in [-0.05, 0) is 42.8 Å². The van der Waals surface area contributed by atoms with Crippen molar-refractivity contribution in [3.8, 4) is 18.2 Å². The normalized spacial score (nSPS) is 10.0. The van der Waals surface area contributed by atoms with Crippen LogP contribution in [0, 0.1) is 34.0 Å². The summed E-state index contributed by atoms with van der Waals surface area (Å²) in [7, 11) is 0. The first-order chi connectivity index (χ1) is 13.2. The Labute approximate surface area is 162 Å². The van der Waals surface area contributed by atoms with Gasteiger partial charge in [-0.2, -0.15) is 15.8 Å². The molecule has 0 aliphatic rings. The number of nitrogens with zero attached hydrogens (tertiary/aromatic N) is 4. The number of thiophene rings is 1. The number of anilines is 1. The lowest BCUT2D eigenvalue weighted by atomic mass is 10.1. The molecule has 5 nitrogen and oxygen atoms in total. The first kappa shape index (κ1) is 19.9. The van der Waals surface area contributed by atoms with Crippen molar-refractivity contribution in [1.29, 1.82) is 15.8 Å². The van der Waals surface area contributed by atoms with Crippen LogP contribution in [0.1, 0.15) is 22.2 Å². The fourth-order valence-electron chi connectivity index (χ4n) is 2.51. The van der Waals surface area contributed by atoms with Crippen molar-refractivity contribution in [3.63, 3.8) is 0 Å². The van der Waals surface area contributed by atoms with E-state index in [2.05, 4.69) is 4.90 Å². The van der Waals surface area contributed by atoms with Crippen LogP contribution in [0.3, 0.4) is 0 Å². The predicted molar refractivity (Wildman–Crippen MR) is 108 cm³/mol. The number of hydrogen-bond acceptors (Lipinski definition) is 6. The van der Waals surface area contributed by atoms with E-state index >= 15 is 0 Å². The molecule has 0 radical (unpaired) electrons. The van der Waals surface area contributed by atoms with Gasteiger partial charge < -0.3 is 10.0 Å². The number of aliphatic hydroxyl groups excluding tert-OH is 1. The summed E-state index contributed by atoms with van der Waals surface area (Å²) in [6.07, 6.45) is 3.90. The molecule has 0 atom stereocenters. The smallest absolute Gasteiger partial charge is 0.148 e. The highest BCUT2D eigenvalue weighted by Gasteiger charge is 2.10. The molecule has 1 aromatic heterocycles. The highest BCUT2D eigenvalue weighted by molar-refractivity contribution is 7.14. The van der Waals surface area contributed by atoms with E-state index < -0.39 is 0 Å². The van der Waals surface area contributed by atoms with Crippen LogP contribution < -0.4 is 4.90 Å². The van der Waals surface area contributed by atoms with Crippen LogP contribution in [0.15, 0.2) is 42.0 Å². The largest absolute Gasteiger partial charge is 0.395 e.